The molecule has 1 spiro atoms. The van der Waals surface area contributed by atoms with Crippen molar-refractivity contribution in [3.63, 3.8) is 0 Å². The maximum absolute atomic E-state index is 17.1. The van der Waals surface area contributed by atoms with Crippen LogP contribution in [0.2, 0.25) is 23.2 Å². The highest BCUT2D eigenvalue weighted by molar-refractivity contribution is 7.90. The minimum absolute atomic E-state index is 0.132. The molecule has 1 amide bonds. The number of methoxy groups -OCH3 is 1. The van der Waals surface area contributed by atoms with Crippen LogP contribution in [-0.4, -0.2) is 103 Å². The number of aryl methyl sites for hydroxylation is 1. The highest BCUT2D eigenvalue weighted by atomic mass is 35.5. The fourth-order valence-corrected chi connectivity index (χ4v) is 14.7. The number of carbonyl (C=O) groups excluding carboxylic acids is 2. The molecule has 4 atom stereocenters. The van der Waals surface area contributed by atoms with Gasteiger partial charge in [-0.05, 0) is 110 Å². The van der Waals surface area contributed by atoms with Gasteiger partial charge < -0.3 is 19.3 Å². The van der Waals surface area contributed by atoms with Gasteiger partial charge in [0.05, 0.1) is 30.7 Å². The molecule has 0 radical (unpaired) electrons. The number of amides is 1. The number of fused-ring (bicyclic) bond motifs is 3. The lowest BCUT2D eigenvalue weighted by Gasteiger charge is -2.42. The molecule has 328 valence electrons. The third-order valence-electron chi connectivity index (χ3n) is 12.9. The van der Waals surface area contributed by atoms with Gasteiger partial charge in [0.1, 0.15) is 25.9 Å². The molecule has 2 aliphatic heterocycles. The number of carbonyl (C=O) groups is 2. The normalized spacial score (nSPS) is 21.3. The lowest BCUT2D eigenvalue weighted by atomic mass is 9.70. The Labute approximate surface area is 359 Å². The van der Waals surface area contributed by atoms with Gasteiger partial charge in [-0.2, -0.15) is 0 Å². The van der Waals surface area contributed by atoms with Crippen molar-refractivity contribution in [3.05, 3.63) is 70.0 Å². The van der Waals surface area contributed by atoms with Gasteiger partial charge in [0.2, 0.25) is 15.9 Å². The molecule has 3 aliphatic rings. The molecule has 2 aromatic rings. The van der Waals surface area contributed by atoms with Crippen LogP contribution >= 0.6 is 11.6 Å². The van der Waals surface area contributed by atoms with Crippen LogP contribution in [0.3, 0.4) is 0 Å². The number of anilines is 1. The fraction of sp³-hybridized carbons (Fsp3) is 0.644. The van der Waals surface area contributed by atoms with Gasteiger partial charge in [0, 0.05) is 42.7 Å². The van der Waals surface area contributed by atoms with Crippen molar-refractivity contribution in [1.82, 2.24) is 14.2 Å². The smallest absolute Gasteiger partial charge is 0.337 e. The summed E-state index contributed by atoms with van der Waals surface area (Å²) in [6.07, 6.45) is 7.42. The minimum Gasteiger partial charge on any atom is -0.490 e. The molecule has 1 fully saturated rings. The molecule has 5 rings (SSSR count). The van der Waals surface area contributed by atoms with Gasteiger partial charge in [-0.1, -0.05) is 78.4 Å². The van der Waals surface area contributed by atoms with Crippen LogP contribution in [0.4, 0.5) is 10.1 Å². The molecular weight excluding hydrogens is 807 g/mol. The molecule has 0 aromatic heterocycles. The first kappa shape index (κ1) is 47.1. The van der Waals surface area contributed by atoms with Gasteiger partial charge in [-0.3, -0.25) is 9.69 Å². The van der Waals surface area contributed by atoms with E-state index in [0.29, 0.717) is 55.7 Å². The zero-order valence-corrected chi connectivity index (χ0v) is 39.4. The number of halogens is 2. The number of allylic oxidation sites excluding steroid dienone is 1. The summed E-state index contributed by atoms with van der Waals surface area (Å²) in [7, 11) is -4.61. The predicted octanol–water partition coefficient (Wildman–Crippen LogP) is 8.89. The Morgan fingerprint density at radius 2 is 1.85 bits per heavy atom. The van der Waals surface area contributed by atoms with E-state index in [1.807, 2.05) is 57.0 Å². The number of likely N-dealkylation sites (tertiary alicyclic amines) is 1. The van der Waals surface area contributed by atoms with E-state index in [4.69, 9.17) is 21.1 Å². The molecule has 1 aliphatic carbocycles. The van der Waals surface area contributed by atoms with Crippen molar-refractivity contribution in [2.45, 2.75) is 129 Å². The third-order valence-corrected chi connectivity index (χ3v) is 21.2. The largest absolute Gasteiger partial charge is 0.490 e. The summed E-state index contributed by atoms with van der Waals surface area (Å²) < 4.78 is 58.5. The van der Waals surface area contributed by atoms with Gasteiger partial charge >= 0.3 is 5.97 Å². The van der Waals surface area contributed by atoms with Crippen LogP contribution in [0.25, 0.3) is 0 Å². The fourth-order valence-electron chi connectivity index (χ4n) is 8.92. The van der Waals surface area contributed by atoms with Crippen molar-refractivity contribution in [2.24, 2.45) is 5.92 Å². The van der Waals surface area contributed by atoms with Gasteiger partial charge in [0.25, 0.3) is 0 Å². The van der Waals surface area contributed by atoms with Crippen LogP contribution in [0, 0.1) is 5.92 Å². The summed E-state index contributed by atoms with van der Waals surface area (Å²) in [5, 5.41) is 0.518. The molecule has 14 heteroatoms. The van der Waals surface area contributed by atoms with E-state index in [1.54, 1.807) is 11.0 Å². The summed E-state index contributed by atoms with van der Waals surface area (Å²) in [5.74, 6) is -1.11. The van der Waals surface area contributed by atoms with Crippen LogP contribution in [-0.2, 0) is 31.4 Å². The Morgan fingerprint density at radius 3 is 2.51 bits per heavy atom. The second-order valence-electron chi connectivity index (χ2n) is 18.7. The molecular formula is C45H68ClFN4O6SSi. The maximum Gasteiger partial charge on any atom is 0.337 e. The maximum atomic E-state index is 17.1. The number of esters is 1. The van der Waals surface area contributed by atoms with Crippen LogP contribution < -0.4 is 14.0 Å². The molecule has 0 saturated carbocycles. The predicted molar refractivity (Wildman–Crippen MR) is 239 cm³/mol. The summed E-state index contributed by atoms with van der Waals surface area (Å²) in [5.41, 5.74) is 3.20. The van der Waals surface area contributed by atoms with Gasteiger partial charge in [0.15, 0.2) is 0 Å². The van der Waals surface area contributed by atoms with Crippen molar-refractivity contribution in [1.29, 1.82) is 0 Å². The molecule has 2 aromatic carbocycles. The third kappa shape index (κ3) is 11.1. The van der Waals surface area contributed by atoms with Gasteiger partial charge in [-0.15, -0.1) is 0 Å². The van der Waals surface area contributed by atoms with Crippen molar-refractivity contribution in [3.8, 4) is 5.75 Å². The van der Waals surface area contributed by atoms with Crippen LogP contribution in [0.1, 0.15) is 108 Å². The summed E-state index contributed by atoms with van der Waals surface area (Å²) in [6, 6.07) is 10.1. The van der Waals surface area contributed by atoms with Crippen molar-refractivity contribution in [2.75, 3.05) is 57.1 Å². The first-order valence-electron chi connectivity index (χ1n) is 21.6. The Bertz CT molecular complexity index is 1950. The monoisotopic (exact) mass is 874 g/mol. The average molecular weight is 876 g/mol. The van der Waals surface area contributed by atoms with E-state index in [9.17, 15) is 18.0 Å². The number of nitrogens with zero attached hydrogens (tertiary/aromatic N) is 3. The topological polar surface area (TPSA) is 108 Å². The Kier molecular flexibility index (Phi) is 15.5. The molecule has 1 saturated heterocycles. The van der Waals surface area contributed by atoms with E-state index >= 15 is 4.39 Å². The Balaban J connectivity index is 1.49. The quantitative estimate of drug-likeness (QED) is 0.132. The van der Waals surface area contributed by atoms with Crippen LogP contribution in [0.5, 0.6) is 5.75 Å². The lowest BCUT2D eigenvalue weighted by molar-refractivity contribution is -0.136. The Hall–Kier alpha value is -2.97. The zero-order chi connectivity index (χ0) is 43.3. The zero-order valence-electron chi connectivity index (χ0n) is 36.8. The molecule has 59 heavy (non-hydrogen) atoms. The number of sulfonamides is 1. The summed E-state index contributed by atoms with van der Waals surface area (Å²) in [4.78, 5) is 33.6. The molecule has 10 nitrogen and oxygen atoms in total. The summed E-state index contributed by atoms with van der Waals surface area (Å²) >= 11 is 6.49. The second-order valence-corrected chi connectivity index (χ2v) is 26.3. The SMILES string of the molecule is CCCN(CCC)C(=O)C(/C(F)=C/C[C@H](C)CS(=O)(=O)N[Si](C)(C)C(C)(C)C)N1CCC[C@H]1CN1C[C@@]2(CCCc3cc(Cl)ccc32)COc2ccc(C(=O)OC)cc21. The van der Waals surface area contributed by atoms with Gasteiger partial charge in [-0.25, -0.2) is 22.0 Å². The highest BCUT2D eigenvalue weighted by Crippen LogP contribution is 2.45. The lowest BCUT2D eigenvalue weighted by Crippen LogP contribution is -2.55. The highest BCUT2D eigenvalue weighted by Gasteiger charge is 2.45. The first-order chi connectivity index (χ1) is 27.7. The van der Waals surface area contributed by atoms with Crippen molar-refractivity contribution < 1.29 is 31.9 Å². The standard InChI is InChI=1S/C45H68ClFN4O6SSi/c1-10-23-49(24-11-2)42(52)41(38(47)20-16-32(3)29-58(54,55)48-59(8,9)44(4,5)6)51-25-13-15-36(51)28-50-30-45(22-12-14-33-26-35(46)18-19-37(33)45)31-57-40-21-17-34(27-39(40)50)43(53)56-7/h17-21,26-27,32,36,41,48H,10-16,22-25,28-31H2,1-9H3/b38-20-/t32-,36-,41?,45-/m0/s1. The van der Waals surface area contributed by atoms with E-state index in [0.717, 1.165) is 50.6 Å². The molecule has 2 heterocycles. The van der Waals surface area contributed by atoms with E-state index < -0.39 is 36.1 Å². The number of nitrogens with one attached hydrogen (secondary N) is 1. The number of ether oxygens (including phenoxy) is 2. The van der Waals surface area contributed by atoms with E-state index in [-0.39, 0.29) is 40.5 Å². The van der Waals surface area contributed by atoms with E-state index in [1.165, 1.54) is 24.3 Å². The minimum atomic E-state index is -3.62. The number of benzene rings is 2. The molecule has 0 bridgehead atoms. The first-order valence-corrected chi connectivity index (χ1v) is 26.6. The summed E-state index contributed by atoms with van der Waals surface area (Å²) in [6.45, 7) is 19.1. The van der Waals surface area contributed by atoms with Crippen molar-refractivity contribution >= 4 is 47.4 Å². The number of hydrogen-bond acceptors (Lipinski definition) is 8. The molecule has 1 unspecified atom stereocenters. The second kappa shape index (κ2) is 19.4. The average Bonchev–Trinajstić information content (AvgIpc) is 3.55. The van der Waals surface area contributed by atoms with E-state index in [2.05, 4.69) is 42.2 Å². The molecule has 1 N–H and O–H groups in total. The number of rotatable bonds is 16. The number of hydrogen-bond donors (Lipinski definition) is 1. The van der Waals surface area contributed by atoms with Crippen LogP contribution in [0.15, 0.2) is 48.3 Å². The Morgan fingerprint density at radius 1 is 1.14 bits per heavy atom.